The summed E-state index contributed by atoms with van der Waals surface area (Å²) < 4.78 is 2.37. The third-order valence-corrected chi connectivity index (χ3v) is 6.87. The van der Waals surface area contributed by atoms with Crippen LogP contribution in [-0.2, 0) is 24.2 Å². The number of carbonyl (C=O) groups is 1. The van der Waals surface area contributed by atoms with Gasteiger partial charge < -0.3 is 9.88 Å². The van der Waals surface area contributed by atoms with E-state index in [0.29, 0.717) is 18.0 Å². The molecule has 0 spiro atoms. The molecule has 1 N–H and O–H groups in total. The first-order valence-electron chi connectivity index (χ1n) is 12.6. The van der Waals surface area contributed by atoms with Gasteiger partial charge in [0, 0.05) is 24.5 Å². The number of unbranched alkanes of at least 4 members (excludes halogenated alkanes) is 2. The number of amides is 1. The van der Waals surface area contributed by atoms with Gasteiger partial charge in [0.15, 0.2) is 0 Å². The molecule has 0 fully saturated rings. The summed E-state index contributed by atoms with van der Waals surface area (Å²) in [6.45, 7) is 1.50. The molecule has 0 saturated carbocycles. The topological polar surface area (TPSA) is 46.9 Å². The van der Waals surface area contributed by atoms with Crippen LogP contribution in [0.5, 0.6) is 0 Å². The van der Waals surface area contributed by atoms with Crippen LogP contribution in [0.2, 0.25) is 5.02 Å². The van der Waals surface area contributed by atoms with E-state index in [4.69, 9.17) is 16.6 Å². The number of aromatic nitrogens is 2. The summed E-state index contributed by atoms with van der Waals surface area (Å²) in [5.41, 5.74) is 4.50. The molecule has 0 saturated heterocycles. The first kappa shape index (κ1) is 24.1. The second-order valence-corrected chi connectivity index (χ2v) is 9.64. The summed E-state index contributed by atoms with van der Waals surface area (Å²) in [7, 11) is 0. The molecule has 0 aliphatic rings. The van der Waals surface area contributed by atoms with E-state index in [9.17, 15) is 4.79 Å². The molecular formula is C31H30ClN3O. The van der Waals surface area contributed by atoms with Crippen molar-refractivity contribution in [3.8, 4) is 0 Å². The molecule has 5 aromatic rings. The Hall–Kier alpha value is -3.63. The largest absolute Gasteiger partial charge is 0.356 e. The molecule has 0 atom stereocenters. The Kier molecular flexibility index (Phi) is 7.63. The number of halogens is 1. The van der Waals surface area contributed by atoms with Crippen molar-refractivity contribution >= 4 is 39.3 Å². The van der Waals surface area contributed by atoms with Crippen LogP contribution in [-0.4, -0.2) is 22.0 Å². The van der Waals surface area contributed by atoms with Crippen LogP contribution in [0.3, 0.4) is 0 Å². The van der Waals surface area contributed by atoms with Crippen molar-refractivity contribution in [3.63, 3.8) is 0 Å². The van der Waals surface area contributed by atoms with Gasteiger partial charge in [-0.1, -0.05) is 84.8 Å². The molecule has 0 radical (unpaired) electrons. The predicted octanol–water partition coefficient (Wildman–Crippen LogP) is 6.96. The number of carbonyl (C=O) groups excluding carboxylic acids is 1. The number of hydrogen-bond acceptors (Lipinski definition) is 2. The maximum Gasteiger partial charge on any atom is 0.224 e. The molecule has 0 aliphatic heterocycles. The van der Waals surface area contributed by atoms with E-state index in [2.05, 4.69) is 70.5 Å². The molecule has 0 bridgehead atoms. The minimum Gasteiger partial charge on any atom is -0.356 e. The van der Waals surface area contributed by atoms with Crippen LogP contribution in [0.15, 0.2) is 91.0 Å². The standard InChI is InChI=1S/C31H30ClN3O/c32-26-18-16-23(17-19-26)21-31(36)33-20-7-1-2-15-30-34-28-13-5-6-14-29(28)35(30)22-25-11-8-10-24-9-3-4-12-27(24)25/h3-6,8-14,16-19H,1-2,7,15,20-22H2,(H,33,36). The van der Waals surface area contributed by atoms with E-state index < -0.39 is 0 Å². The molecule has 36 heavy (non-hydrogen) atoms. The zero-order valence-corrected chi connectivity index (χ0v) is 21.0. The molecule has 1 aromatic heterocycles. The van der Waals surface area contributed by atoms with Gasteiger partial charge >= 0.3 is 0 Å². The molecule has 4 aromatic carbocycles. The summed E-state index contributed by atoms with van der Waals surface area (Å²) in [6, 6.07) is 30.9. The highest BCUT2D eigenvalue weighted by Gasteiger charge is 2.12. The minimum absolute atomic E-state index is 0.0502. The third-order valence-electron chi connectivity index (χ3n) is 6.62. The molecule has 182 valence electrons. The second-order valence-electron chi connectivity index (χ2n) is 9.21. The number of benzene rings is 4. The maximum atomic E-state index is 12.2. The van der Waals surface area contributed by atoms with E-state index >= 15 is 0 Å². The Balaban J connectivity index is 1.18. The average Bonchev–Trinajstić information content (AvgIpc) is 3.25. The number of nitrogens with zero attached hydrogens (tertiary/aromatic N) is 2. The molecule has 5 heteroatoms. The number of fused-ring (bicyclic) bond motifs is 2. The number of nitrogens with one attached hydrogen (secondary N) is 1. The Morgan fingerprint density at radius 3 is 2.50 bits per heavy atom. The molecule has 0 aliphatic carbocycles. The average molecular weight is 496 g/mol. The fourth-order valence-electron chi connectivity index (χ4n) is 4.76. The predicted molar refractivity (Wildman–Crippen MR) is 149 cm³/mol. The van der Waals surface area contributed by atoms with Gasteiger partial charge in [-0.25, -0.2) is 4.98 Å². The van der Waals surface area contributed by atoms with E-state index in [-0.39, 0.29) is 5.91 Å². The fraction of sp³-hybridized carbons (Fsp3) is 0.226. The summed E-state index contributed by atoms with van der Waals surface area (Å²) in [5.74, 6) is 1.17. The van der Waals surface area contributed by atoms with Gasteiger partial charge in [-0.05, 0) is 59.0 Å². The molecule has 1 amide bonds. The second kappa shape index (κ2) is 11.4. The van der Waals surface area contributed by atoms with Crippen LogP contribution in [0.25, 0.3) is 21.8 Å². The molecular weight excluding hydrogens is 466 g/mol. The summed E-state index contributed by atoms with van der Waals surface area (Å²) in [5, 5.41) is 6.27. The van der Waals surface area contributed by atoms with Crippen molar-refractivity contribution in [1.29, 1.82) is 0 Å². The van der Waals surface area contributed by atoms with E-state index in [1.165, 1.54) is 21.9 Å². The normalized spacial score (nSPS) is 11.2. The lowest BCUT2D eigenvalue weighted by atomic mass is 10.0. The lowest BCUT2D eigenvalue weighted by Gasteiger charge is -2.12. The fourth-order valence-corrected chi connectivity index (χ4v) is 4.88. The van der Waals surface area contributed by atoms with Crippen LogP contribution in [0.4, 0.5) is 0 Å². The zero-order valence-electron chi connectivity index (χ0n) is 20.3. The highest BCUT2D eigenvalue weighted by atomic mass is 35.5. The molecule has 0 unspecified atom stereocenters. The Labute approximate surface area is 216 Å². The van der Waals surface area contributed by atoms with E-state index in [1.54, 1.807) is 0 Å². The lowest BCUT2D eigenvalue weighted by molar-refractivity contribution is -0.120. The first-order chi connectivity index (χ1) is 17.7. The molecule has 5 rings (SSSR count). The minimum atomic E-state index is 0.0502. The van der Waals surface area contributed by atoms with E-state index in [1.807, 2.05) is 30.3 Å². The molecule has 4 nitrogen and oxygen atoms in total. The van der Waals surface area contributed by atoms with Gasteiger partial charge in [-0.15, -0.1) is 0 Å². The van der Waals surface area contributed by atoms with Crippen LogP contribution in [0, 0.1) is 0 Å². The highest BCUT2D eigenvalue weighted by molar-refractivity contribution is 6.30. The maximum absolute atomic E-state index is 12.2. The Bertz CT molecular complexity index is 1470. The van der Waals surface area contributed by atoms with Crippen LogP contribution in [0.1, 0.15) is 36.2 Å². The van der Waals surface area contributed by atoms with Gasteiger partial charge in [-0.2, -0.15) is 0 Å². The van der Waals surface area contributed by atoms with Crippen molar-refractivity contribution in [3.05, 3.63) is 113 Å². The van der Waals surface area contributed by atoms with Gasteiger partial charge in [0.05, 0.1) is 17.5 Å². The lowest BCUT2D eigenvalue weighted by Crippen LogP contribution is -2.26. The summed E-state index contributed by atoms with van der Waals surface area (Å²) in [4.78, 5) is 17.2. The van der Waals surface area contributed by atoms with Gasteiger partial charge in [0.25, 0.3) is 0 Å². The Morgan fingerprint density at radius 1 is 0.833 bits per heavy atom. The van der Waals surface area contributed by atoms with Crippen molar-refractivity contribution in [2.24, 2.45) is 0 Å². The van der Waals surface area contributed by atoms with Crippen molar-refractivity contribution in [1.82, 2.24) is 14.9 Å². The number of para-hydroxylation sites is 2. The SMILES string of the molecule is O=C(Cc1ccc(Cl)cc1)NCCCCCc1nc2ccccc2n1Cc1cccc2ccccc12. The van der Waals surface area contributed by atoms with Crippen molar-refractivity contribution in [2.45, 2.75) is 38.6 Å². The van der Waals surface area contributed by atoms with Gasteiger partial charge in [0.1, 0.15) is 5.82 Å². The van der Waals surface area contributed by atoms with Crippen molar-refractivity contribution in [2.75, 3.05) is 6.54 Å². The summed E-state index contributed by atoms with van der Waals surface area (Å²) in [6.07, 6.45) is 4.33. The zero-order chi connectivity index (χ0) is 24.7. The summed E-state index contributed by atoms with van der Waals surface area (Å²) >= 11 is 5.91. The third kappa shape index (κ3) is 5.77. The Morgan fingerprint density at radius 2 is 1.61 bits per heavy atom. The smallest absolute Gasteiger partial charge is 0.224 e. The number of rotatable bonds is 10. The first-order valence-corrected chi connectivity index (χ1v) is 13.0. The van der Waals surface area contributed by atoms with Gasteiger partial charge in [0.2, 0.25) is 5.91 Å². The highest BCUT2D eigenvalue weighted by Crippen LogP contribution is 2.24. The van der Waals surface area contributed by atoms with Crippen LogP contribution < -0.4 is 5.32 Å². The van der Waals surface area contributed by atoms with Crippen LogP contribution >= 0.6 is 11.6 Å². The van der Waals surface area contributed by atoms with Crippen molar-refractivity contribution < 1.29 is 4.79 Å². The van der Waals surface area contributed by atoms with Gasteiger partial charge in [-0.3, -0.25) is 4.79 Å². The quantitative estimate of drug-likeness (QED) is 0.213. The number of imidazole rings is 1. The monoisotopic (exact) mass is 495 g/mol. The molecule has 1 heterocycles. The van der Waals surface area contributed by atoms with E-state index in [0.717, 1.165) is 49.1 Å². The number of aryl methyl sites for hydroxylation is 1. The number of hydrogen-bond donors (Lipinski definition) is 1.